The normalized spacial score (nSPS) is 10.7. The highest BCUT2D eigenvalue weighted by molar-refractivity contribution is 5.90. The Morgan fingerprint density at radius 1 is 1.14 bits per heavy atom. The zero-order valence-electron chi connectivity index (χ0n) is 12.3. The number of fused-ring (bicyclic) bond motifs is 2. The van der Waals surface area contributed by atoms with Crippen LogP contribution < -0.4 is 10.2 Å². The Hall–Kier alpha value is -2.80. The molecule has 1 heterocycles. The van der Waals surface area contributed by atoms with Gasteiger partial charge in [0.1, 0.15) is 16.9 Å². The molecule has 1 aromatic heterocycles. The lowest BCUT2D eigenvalue weighted by atomic mass is 10.1. The van der Waals surface area contributed by atoms with Crippen LogP contribution in [0, 0.1) is 11.3 Å². The summed E-state index contributed by atoms with van der Waals surface area (Å²) in [6.45, 7) is 2.73. The maximum atomic E-state index is 12.6. The quantitative estimate of drug-likeness (QED) is 0.539. The number of nitrogens with zero attached hydrogens (tertiary/aromatic N) is 1. The van der Waals surface area contributed by atoms with E-state index in [1.807, 2.05) is 6.07 Å². The van der Waals surface area contributed by atoms with Crippen molar-refractivity contribution in [2.45, 2.75) is 19.8 Å². The summed E-state index contributed by atoms with van der Waals surface area (Å²) in [6, 6.07) is 12.1. The van der Waals surface area contributed by atoms with Crippen LogP contribution in [0.15, 0.2) is 45.6 Å². The van der Waals surface area contributed by atoms with E-state index in [4.69, 9.17) is 14.4 Å². The lowest BCUT2D eigenvalue weighted by molar-refractivity contribution is 0.309. The number of hydrogen-bond donors (Lipinski definition) is 0. The predicted octanol–water partition coefficient (Wildman–Crippen LogP) is 4.00. The predicted molar refractivity (Wildman–Crippen MR) is 85.1 cm³/mol. The molecule has 0 saturated carbocycles. The molecule has 0 unspecified atom stereocenters. The lowest BCUT2D eigenvalue weighted by Crippen LogP contribution is -2.03. The summed E-state index contributed by atoms with van der Waals surface area (Å²) in [6.07, 6.45) is 2.03. The van der Waals surface area contributed by atoms with Crippen molar-refractivity contribution >= 4 is 21.9 Å². The van der Waals surface area contributed by atoms with Gasteiger partial charge in [-0.2, -0.15) is 5.26 Å². The van der Waals surface area contributed by atoms with E-state index < -0.39 is 0 Å². The van der Waals surface area contributed by atoms with Gasteiger partial charge in [-0.25, -0.2) is 0 Å². The van der Waals surface area contributed by atoms with Gasteiger partial charge in [0.05, 0.1) is 29.0 Å². The third kappa shape index (κ3) is 2.53. The summed E-state index contributed by atoms with van der Waals surface area (Å²) in [7, 11) is 0. The molecule has 0 saturated heterocycles. The summed E-state index contributed by atoms with van der Waals surface area (Å²) >= 11 is 0. The molecule has 4 nitrogen and oxygen atoms in total. The van der Waals surface area contributed by atoms with E-state index in [-0.39, 0.29) is 5.43 Å². The number of hydrogen-bond acceptors (Lipinski definition) is 4. The first-order valence-corrected chi connectivity index (χ1v) is 7.26. The highest BCUT2D eigenvalue weighted by Crippen LogP contribution is 2.23. The second-order valence-electron chi connectivity index (χ2n) is 5.11. The SMILES string of the molecule is CCCCOc1ccc2oc3cc(C#N)ccc3c(=O)c2c1. The van der Waals surface area contributed by atoms with Crippen molar-refractivity contribution in [2.75, 3.05) is 6.61 Å². The molecule has 3 rings (SSSR count). The minimum Gasteiger partial charge on any atom is -0.494 e. The number of rotatable bonds is 4. The molecule has 0 N–H and O–H groups in total. The fraction of sp³-hybridized carbons (Fsp3) is 0.222. The zero-order chi connectivity index (χ0) is 15.5. The van der Waals surface area contributed by atoms with Crippen LogP contribution in [0.1, 0.15) is 25.3 Å². The van der Waals surface area contributed by atoms with Crippen LogP contribution in [0.2, 0.25) is 0 Å². The van der Waals surface area contributed by atoms with Gasteiger partial charge < -0.3 is 9.15 Å². The molecule has 0 fully saturated rings. The third-order valence-electron chi connectivity index (χ3n) is 3.54. The maximum absolute atomic E-state index is 12.6. The van der Waals surface area contributed by atoms with Crippen molar-refractivity contribution in [1.82, 2.24) is 0 Å². The zero-order valence-corrected chi connectivity index (χ0v) is 12.3. The van der Waals surface area contributed by atoms with Gasteiger partial charge in [-0.1, -0.05) is 13.3 Å². The molecule has 0 amide bonds. The van der Waals surface area contributed by atoms with Crippen molar-refractivity contribution in [1.29, 1.82) is 5.26 Å². The standard InChI is InChI=1S/C18H15NO3/c1-2-3-8-21-13-5-7-16-15(10-13)18(20)14-6-4-12(11-19)9-17(14)22-16/h4-7,9-10H,2-3,8H2,1H3. The second-order valence-corrected chi connectivity index (χ2v) is 5.11. The van der Waals surface area contributed by atoms with Gasteiger partial charge in [-0.05, 0) is 42.8 Å². The molecule has 4 heteroatoms. The van der Waals surface area contributed by atoms with E-state index in [2.05, 4.69) is 6.92 Å². The van der Waals surface area contributed by atoms with Crippen molar-refractivity contribution < 1.29 is 9.15 Å². The van der Waals surface area contributed by atoms with Crippen LogP contribution in [0.25, 0.3) is 21.9 Å². The smallest absolute Gasteiger partial charge is 0.200 e. The van der Waals surface area contributed by atoms with Gasteiger partial charge in [0.15, 0.2) is 0 Å². The number of nitriles is 1. The number of ether oxygens (including phenoxy) is 1. The molecule has 0 radical (unpaired) electrons. The average Bonchev–Trinajstić information content (AvgIpc) is 2.55. The van der Waals surface area contributed by atoms with E-state index >= 15 is 0 Å². The molecule has 0 atom stereocenters. The first-order chi connectivity index (χ1) is 10.7. The molecule has 0 aliphatic carbocycles. The molecule has 2 aromatic carbocycles. The Bertz CT molecular complexity index is 935. The molecule has 0 spiro atoms. The van der Waals surface area contributed by atoms with Crippen LogP contribution in [0.4, 0.5) is 0 Å². The van der Waals surface area contributed by atoms with Gasteiger partial charge in [0.25, 0.3) is 0 Å². The highest BCUT2D eigenvalue weighted by Gasteiger charge is 2.09. The molecule has 22 heavy (non-hydrogen) atoms. The first-order valence-electron chi connectivity index (χ1n) is 7.26. The molecule has 0 aliphatic heterocycles. The van der Waals surface area contributed by atoms with E-state index in [1.165, 1.54) is 0 Å². The Balaban J connectivity index is 2.13. The molecular weight excluding hydrogens is 278 g/mol. The third-order valence-corrected chi connectivity index (χ3v) is 3.54. The van der Waals surface area contributed by atoms with Gasteiger partial charge in [0, 0.05) is 0 Å². The van der Waals surface area contributed by atoms with Crippen molar-refractivity contribution in [3.63, 3.8) is 0 Å². The van der Waals surface area contributed by atoms with Gasteiger partial charge in [-0.3, -0.25) is 4.79 Å². The highest BCUT2D eigenvalue weighted by atomic mass is 16.5. The van der Waals surface area contributed by atoms with Crippen LogP contribution in [0.3, 0.4) is 0 Å². The van der Waals surface area contributed by atoms with Gasteiger partial charge in [-0.15, -0.1) is 0 Å². The summed E-state index contributed by atoms with van der Waals surface area (Å²) in [5.74, 6) is 0.668. The minimum atomic E-state index is -0.110. The van der Waals surface area contributed by atoms with E-state index in [0.717, 1.165) is 12.8 Å². The molecule has 0 bridgehead atoms. The van der Waals surface area contributed by atoms with Crippen LogP contribution in [0.5, 0.6) is 5.75 Å². The Morgan fingerprint density at radius 2 is 2.00 bits per heavy atom. The fourth-order valence-corrected chi connectivity index (χ4v) is 2.33. The van der Waals surface area contributed by atoms with Crippen molar-refractivity contribution in [3.8, 4) is 11.8 Å². The summed E-state index contributed by atoms with van der Waals surface area (Å²) in [5, 5.41) is 9.89. The fourth-order valence-electron chi connectivity index (χ4n) is 2.33. The van der Waals surface area contributed by atoms with E-state index in [0.29, 0.717) is 39.9 Å². The number of benzene rings is 2. The average molecular weight is 293 g/mol. The number of unbranched alkanes of at least 4 members (excludes halogenated alkanes) is 1. The minimum absolute atomic E-state index is 0.110. The van der Waals surface area contributed by atoms with Crippen LogP contribution in [-0.4, -0.2) is 6.61 Å². The van der Waals surface area contributed by atoms with Gasteiger partial charge in [0.2, 0.25) is 5.43 Å². The molecular formula is C18H15NO3. The maximum Gasteiger partial charge on any atom is 0.200 e. The Labute approximate surface area is 127 Å². The molecule has 110 valence electrons. The van der Waals surface area contributed by atoms with Crippen molar-refractivity contribution in [3.05, 3.63) is 52.2 Å². The topological polar surface area (TPSA) is 63.2 Å². The largest absolute Gasteiger partial charge is 0.494 e. The molecule has 3 aromatic rings. The lowest BCUT2D eigenvalue weighted by Gasteiger charge is -2.07. The van der Waals surface area contributed by atoms with Crippen LogP contribution in [-0.2, 0) is 0 Å². The second kappa shape index (κ2) is 5.90. The first kappa shape index (κ1) is 14.2. The van der Waals surface area contributed by atoms with Crippen molar-refractivity contribution in [2.24, 2.45) is 0 Å². The summed E-state index contributed by atoms with van der Waals surface area (Å²) in [5.41, 5.74) is 1.28. The van der Waals surface area contributed by atoms with E-state index in [1.54, 1.807) is 36.4 Å². The Morgan fingerprint density at radius 3 is 2.77 bits per heavy atom. The Kier molecular flexibility index (Phi) is 3.80. The monoisotopic (exact) mass is 293 g/mol. The summed E-state index contributed by atoms with van der Waals surface area (Å²) in [4.78, 5) is 12.6. The molecule has 0 aliphatic rings. The van der Waals surface area contributed by atoms with Crippen LogP contribution >= 0.6 is 0 Å². The van der Waals surface area contributed by atoms with E-state index in [9.17, 15) is 4.79 Å². The van der Waals surface area contributed by atoms with Gasteiger partial charge >= 0.3 is 0 Å². The summed E-state index contributed by atoms with van der Waals surface area (Å²) < 4.78 is 11.4.